The van der Waals surface area contributed by atoms with E-state index in [1.165, 1.54) is 13.2 Å². The zero-order valence-electron chi connectivity index (χ0n) is 18.5. The monoisotopic (exact) mass is 454 g/mol. The third kappa shape index (κ3) is 3.71. The molecule has 7 nitrogen and oxygen atoms in total. The van der Waals surface area contributed by atoms with E-state index >= 15 is 0 Å². The van der Waals surface area contributed by atoms with Crippen molar-refractivity contribution in [2.24, 2.45) is 0 Å². The summed E-state index contributed by atoms with van der Waals surface area (Å²) in [6.07, 6.45) is 0.299. The molecular weight excluding hydrogens is 432 g/mol. The van der Waals surface area contributed by atoms with E-state index in [0.717, 1.165) is 10.5 Å². The van der Waals surface area contributed by atoms with E-state index in [0.29, 0.717) is 34.3 Å². The molecular formula is C27H22N2O5. The summed E-state index contributed by atoms with van der Waals surface area (Å²) in [5.74, 6) is 0.163. The Morgan fingerprint density at radius 2 is 1.62 bits per heavy atom. The van der Waals surface area contributed by atoms with Crippen LogP contribution in [0.3, 0.4) is 0 Å². The largest absolute Gasteiger partial charge is 0.497 e. The predicted octanol–water partition coefficient (Wildman–Crippen LogP) is 3.99. The highest BCUT2D eigenvalue weighted by atomic mass is 16.5. The lowest BCUT2D eigenvalue weighted by Gasteiger charge is -2.27. The molecule has 0 aliphatic carbocycles. The second kappa shape index (κ2) is 8.51. The van der Waals surface area contributed by atoms with Crippen molar-refractivity contribution in [3.05, 3.63) is 112 Å². The van der Waals surface area contributed by atoms with Gasteiger partial charge in [-0.2, -0.15) is 0 Å². The summed E-state index contributed by atoms with van der Waals surface area (Å²) in [6, 6.07) is 24.7. The number of amides is 3. The number of ether oxygens (including phenoxy) is 1. The number of imide groups is 1. The van der Waals surface area contributed by atoms with Gasteiger partial charge < -0.3 is 14.5 Å². The Balaban J connectivity index is 1.56. The lowest BCUT2D eigenvalue weighted by Crippen LogP contribution is -2.46. The maximum Gasteiger partial charge on any atom is 0.336 e. The van der Waals surface area contributed by atoms with E-state index in [2.05, 4.69) is 5.32 Å². The number of carbonyl (C=O) groups excluding carboxylic acids is 2. The zero-order valence-corrected chi connectivity index (χ0v) is 18.5. The van der Waals surface area contributed by atoms with Crippen LogP contribution in [0.4, 0.5) is 4.79 Å². The number of fused-ring (bicyclic) bond motifs is 1. The zero-order chi connectivity index (χ0) is 23.7. The van der Waals surface area contributed by atoms with Crippen LogP contribution in [0.5, 0.6) is 5.75 Å². The molecule has 3 aromatic carbocycles. The molecule has 1 atom stereocenters. The first-order chi connectivity index (χ1) is 16.5. The number of methoxy groups -OCH3 is 1. The number of rotatable bonds is 6. The van der Waals surface area contributed by atoms with Gasteiger partial charge in [-0.1, -0.05) is 60.7 Å². The highest BCUT2D eigenvalue weighted by Crippen LogP contribution is 2.34. The fourth-order valence-corrected chi connectivity index (χ4v) is 4.45. The Labute approximate surface area is 195 Å². The Bertz CT molecular complexity index is 1430. The summed E-state index contributed by atoms with van der Waals surface area (Å²) in [7, 11) is 1.52. The lowest BCUT2D eigenvalue weighted by molar-refractivity contribution is -0.132. The highest BCUT2D eigenvalue weighted by Gasteiger charge is 2.52. The molecule has 7 heteroatoms. The minimum atomic E-state index is -1.25. The van der Waals surface area contributed by atoms with Gasteiger partial charge >= 0.3 is 11.7 Å². The summed E-state index contributed by atoms with van der Waals surface area (Å²) in [5.41, 5.74) is 0.634. The molecule has 1 N–H and O–H groups in total. The molecule has 1 aliphatic rings. The van der Waals surface area contributed by atoms with Crippen molar-refractivity contribution in [3.63, 3.8) is 0 Å². The summed E-state index contributed by atoms with van der Waals surface area (Å²) < 4.78 is 10.5. The number of urea groups is 1. The molecule has 3 amide bonds. The van der Waals surface area contributed by atoms with Crippen LogP contribution >= 0.6 is 0 Å². The first-order valence-electron chi connectivity index (χ1n) is 10.8. The van der Waals surface area contributed by atoms with Crippen LogP contribution < -0.4 is 15.7 Å². The molecule has 5 rings (SSSR count). The number of hydrogen-bond donors (Lipinski definition) is 1. The van der Waals surface area contributed by atoms with Crippen molar-refractivity contribution >= 4 is 22.9 Å². The third-order valence-electron chi connectivity index (χ3n) is 6.12. The Kier molecular flexibility index (Phi) is 5.37. The SMILES string of the molecule is COc1ccc2c(CN3C(=O)NC(Cc4ccccc4)(c4ccccc4)C3=O)cc(=O)oc2c1. The molecule has 1 saturated heterocycles. The van der Waals surface area contributed by atoms with Crippen LogP contribution in [0.25, 0.3) is 11.0 Å². The van der Waals surface area contributed by atoms with Crippen LogP contribution in [0.2, 0.25) is 0 Å². The molecule has 0 saturated carbocycles. The van der Waals surface area contributed by atoms with Crippen LogP contribution in [0.1, 0.15) is 16.7 Å². The van der Waals surface area contributed by atoms with Crippen molar-refractivity contribution in [3.8, 4) is 5.75 Å². The third-order valence-corrected chi connectivity index (χ3v) is 6.12. The molecule has 170 valence electrons. The van der Waals surface area contributed by atoms with E-state index < -0.39 is 17.2 Å². The van der Waals surface area contributed by atoms with Gasteiger partial charge in [-0.25, -0.2) is 9.59 Å². The topological polar surface area (TPSA) is 88.9 Å². The Morgan fingerprint density at radius 3 is 2.32 bits per heavy atom. The standard InChI is InChI=1S/C27H22N2O5/c1-33-21-12-13-22-19(14-24(30)34-23(22)15-21)17-29-25(31)27(28-26(29)32,20-10-6-3-7-11-20)16-18-8-4-2-5-9-18/h2-15H,16-17H2,1H3,(H,28,32). The molecule has 1 unspecified atom stereocenters. The van der Waals surface area contributed by atoms with E-state index in [1.54, 1.807) is 18.2 Å². The van der Waals surface area contributed by atoms with Gasteiger partial charge in [0.25, 0.3) is 5.91 Å². The Morgan fingerprint density at radius 1 is 0.912 bits per heavy atom. The van der Waals surface area contributed by atoms with E-state index in [-0.39, 0.29) is 12.5 Å². The molecule has 0 bridgehead atoms. The predicted molar refractivity (Wildman–Crippen MR) is 126 cm³/mol. The molecule has 4 aromatic rings. The van der Waals surface area contributed by atoms with Crippen molar-refractivity contribution in [1.82, 2.24) is 10.2 Å². The van der Waals surface area contributed by atoms with Crippen LogP contribution in [0, 0.1) is 0 Å². The fourth-order valence-electron chi connectivity index (χ4n) is 4.45. The van der Waals surface area contributed by atoms with E-state index in [4.69, 9.17) is 9.15 Å². The van der Waals surface area contributed by atoms with Gasteiger partial charge in [-0.3, -0.25) is 9.69 Å². The molecule has 0 radical (unpaired) electrons. The second-order valence-electron chi connectivity index (χ2n) is 8.21. The minimum absolute atomic E-state index is 0.0670. The number of nitrogens with zero attached hydrogens (tertiary/aromatic N) is 1. The smallest absolute Gasteiger partial charge is 0.336 e. The number of hydrogen-bond acceptors (Lipinski definition) is 5. The average molecular weight is 454 g/mol. The van der Waals surface area contributed by atoms with Gasteiger partial charge in [0, 0.05) is 23.9 Å². The quantitative estimate of drug-likeness (QED) is 0.352. The van der Waals surface area contributed by atoms with Gasteiger partial charge in [-0.05, 0) is 28.8 Å². The normalized spacial score (nSPS) is 17.7. The number of carbonyl (C=O) groups is 2. The molecule has 1 aromatic heterocycles. The highest BCUT2D eigenvalue weighted by molar-refractivity contribution is 6.07. The molecule has 0 spiro atoms. The second-order valence-corrected chi connectivity index (χ2v) is 8.21. The van der Waals surface area contributed by atoms with Crippen LogP contribution in [-0.4, -0.2) is 23.9 Å². The van der Waals surface area contributed by atoms with Crippen molar-refractivity contribution in [1.29, 1.82) is 0 Å². The lowest BCUT2D eigenvalue weighted by atomic mass is 9.83. The molecule has 1 fully saturated rings. The summed E-state index contributed by atoms with van der Waals surface area (Å²) in [6.45, 7) is -0.0670. The molecule has 1 aliphatic heterocycles. The first kappa shape index (κ1) is 21.5. The maximum atomic E-state index is 13.9. The molecule has 34 heavy (non-hydrogen) atoms. The van der Waals surface area contributed by atoms with Gasteiger partial charge in [0.2, 0.25) is 0 Å². The summed E-state index contributed by atoms with van der Waals surface area (Å²) >= 11 is 0. The first-order valence-corrected chi connectivity index (χ1v) is 10.8. The van der Waals surface area contributed by atoms with Crippen LogP contribution in [0.15, 0.2) is 94.1 Å². The van der Waals surface area contributed by atoms with Gasteiger partial charge in [-0.15, -0.1) is 0 Å². The Hall–Kier alpha value is -4.39. The minimum Gasteiger partial charge on any atom is -0.497 e. The van der Waals surface area contributed by atoms with Gasteiger partial charge in [0.15, 0.2) is 5.54 Å². The van der Waals surface area contributed by atoms with Crippen molar-refractivity contribution in [2.75, 3.05) is 7.11 Å². The van der Waals surface area contributed by atoms with Crippen LogP contribution in [-0.2, 0) is 23.3 Å². The van der Waals surface area contributed by atoms with E-state index in [1.807, 2.05) is 60.7 Å². The van der Waals surface area contributed by atoms with Gasteiger partial charge in [0.05, 0.1) is 13.7 Å². The summed E-state index contributed by atoms with van der Waals surface area (Å²) in [4.78, 5) is 40.4. The number of nitrogens with one attached hydrogen (secondary N) is 1. The van der Waals surface area contributed by atoms with E-state index in [9.17, 15) is 14.4 Å². The maximum absolute atomic E-state index is 13.9. The average Bonchev–Trinajstić information content (AvgIpc) is 3.09. The van der Waals surface area contributed by atoms with Crippen molar-refractivity contribution in [2.45, 2.75) is 18.5 Å². The summed E-state index contributed by atoms with van der Waals surface area (Å²) in [5, 5.41) is 3.58. The fraction of sp³-hybridized carbons (Fsp3) is 0.148. The van der Waals surface area contributed by atoms with Crippen molar-refractivity contribution < 1.29 is 18.7 Å². The number of benzene rings is 3. The van der Waals surface area contributed by atoms with Gasteiger partial charge in [0.1, 0.15) is 11.3 Å². The molecule has 2 heterocycles.